The number of anilines is 1. The zero-order valence-corrected chi connectivity index (χ0v) is 15.2. The molecule has 7 nitrogen and oxygen atoms in total. The van der Waals surface area contributed by atoms with E-state index in [1.54, 1.807) is 12.1 Å². The van der Waals surface area contributed by atoms with Crippen LogP contribution in [0.1, 0.15) is 11.8 Å². The average Bonchev–Trinajstić information content (AvgIpc) is 2.97. The summed E-state index contributed by atoms with van der Waals surface area (Å²) in [6, 6.07) is 6.98. The Morgan fingerprint density at radius 2 is 2.08 bits per heavy atom. The number of thiophene rings is 1. The summed E-state index contributed by atoms with van der Waals surface area (Å²) in [6.07, 6.45) is 2.52. The Balaban J connectivity index is 2.22. The number of phenols is 1. The Bertz CT molecular complexity index is 830. The summed E-state index contributed by atoms with van der Waals surface area (Å²) < 4.78 is 27.0. The molecular weight excluding hydrogens is 397 g/mol. The van der Waals surface area contributed by atoms with E-state index in [4.69, 9.17) is 3.73 Å². The van der Waals surface area contributed by atoms with E-state index < -0.39 is 26.0 Å². The van der Waals surface area contributed by atoms with Gasteiger partial charge in [-0.2, -0.15) is 0 Å². The van der Waals surface area contributed by atoms with Crippen molar-refractivity contribution in [1.82, 2.24) is 0 Å². The number of amides is 1. The van der Waals surface area contributed by atoms with Gasteiger partial charge in [-0.15, -0.1) is 0 Å². The van der Waals surface area contributed by atoms with Gasteiger partial charge in [-0.3, -0.25) is 0 Å². The molecule has 0 fully saturated rings. The zero-order chi connectivity index (χ0) is 17.7. The van der Waals surface area contributed by atoms with Crippen LogP contribution in [-0.2, 0) is 17.1 Å². The standard InChI is InChI=1S/C15H14AsNO6S/c1-10(18)17-14-9-11(19)4-6-13(14)16(21,22)23-15(20)7-5-12-3-2-8-24-12/h2-9,19H,1H3,(H,17,18)(H,21,22)/b7-5-. The van der Waals surface area contributed by atoms with Crippen molar-refractivity contribution in [2.45, 2.75) is 6.92 Å². The van der Waals surface area contributed by atoms with Crippen molar-refractivity contribution in [3.8, 4) is 5.75 Å². The molecule has 0 radical (unpaired) electrons. The first-order valence-corrected chi connectivity index (χ1v) is 10.9. The molecule has 0 spiro atoms. The maximum atomic E-state index is 12.4. The minimum absolute atomic E-state index is 0.0810. The summed E-state index contributed by atoms with van der Waals surface area (Å²) >= 11 is -3.87. The summed E-state index contributed by atoms with van der Waals surface area (Å²) in [7, 11) is 0. The Morgan fingerprint density at radius 1 is 1.33 bits per heavy atom. The fourth-order valence-electron chi connectivity index (χ4n) is 1.80. The van der Waals surface area contributed by atoms with Crippen LogP contribution in [0.25, 0.3) is 6.08 Å². The molecular formula is C15H14AsNO6S. The second-order valence-electron chi connectivity index (χ2n) is 4.66. The molecule has 1 atom stereocenters. The number of aromatic hydroxyl groups is 1. The van der Waals surface area contributed by atoms with E-state index >= 15 is 0 Å². The third-order valence-electron chi connectivity index (χ3n) is 2.74. The topological polar surface area (TPSA) is 113 Å². The van der Waals surface area contributed by atoms with E-state index in [0.29, 0.717) is 0 Å². The molecule has 2 aromatic rings. The molecule has 1 unspecified atom stereocenters. The fraction of sp³-hybridized carbons (Fsp3) is 0.0667. The van der Waals surface area contributed by atoms with E-state index in [0.717, 1.165) is 23.1 Å². The van der Waals surface area contributed by atoms with Crippen LogP contribution >= 0.6 is 11.3 Å². The van der Waals surface area contributed by atoms with Gasteiger partial charge >= 0.3 is 144 Å². The molecule has 0 aliphatic rings. The predicted molar refractivity (Wildman–Crippen MR) is 90.1 cm³/mol. The predicted octanol–water partition coefficient (Wildman–Crippen LogP) is 1.24. The molecule has 1 heterocycles. The number of rotatable bonds is 5. The van der Waals surface area contributed by atoms with E-state index in [1.807, 2.05) is 5.38 Å². The summed E-state index contributed by atoms with van der Waals surface area (Å²) in [5.74, 6) is -1.68. The maximum absolute atomic E-state index is 12.4. The fourth-order valence-corrected chi connectivity index (χ4v) is 4.70. The van der Waals surface area contributed by atoms with Crippen LogP contribution in [0.2, 0.25) is 0 Å². The van der Waals surface area contributed by atoms with Crippen molar-refractivity contribution >= 4 is 53.5 Å². The SMILES string of the molecule is CC(=O)Nc1cc(O)ccc1[As](=O)(O)OC(=O)/C=C\c1cccs1. The molecule has 1 aromatic carbocycles. The van der Waals surface area contributed by atoms with Crippen LogP contribution in [0.15, 0.2) is 41.8 Å². The van der Waals surface area contributed by atoms with Crippen molar-refractivity contribution in [2.24, 2.45) is 0 Å². The van der Waals surface area contributed by atoms with E-state index in [2.05, 4.69) is 5.32 Å². The molecule has 2 rings (SSSR count). The molecule has 1 amide bonds. The number of carbonyl (C=O) groups is 2. The molecule has 0 saturated heterocycles. The molecule has 0 aliphatic heterocycles. The van der Waals surface area contributed by atoms with Crippen LogP contribution in [-0.4, -0.2) is 35.3 Å². The van der Waals surface area contributed by atoms with Gasteiger partial charge in [0.15, 0.2) is 0 Å². The van der Waals surface area contributed by atoms with Crippen LogP contribution in [0.4, 0.5) is 5.69 Å². The van der Waals surface area contributed by atoms with E-state index in [1.165, 1.54) is 30.4 Å². The van der Waals surface area contributed by atoms with Gasteiger partial charge in [0.2, 0.25) is 0 Å². The normalized spacial score (nSPS) is 13.4. The first-order chi connectivity index (χ1) is 11.3. The van der Waals surface area contributed by atoms with Crippen LogP contribution < -0.4 is 9.67 Å². The first kappa shape index (κ1) is 18.1. The second kappa shape index (κ2) is 7.53. The Hall–Kier alpha value is -2.28. The monoisotopic (exact) mass is 411 g/mol. The average molecular weight is 411 g/mol. The van der Waals surface area contributed by atoms with Gasteiger partial charge < -0.3 is 0 Å². The second-order valence-corrected chi connectivity index (χ2v) is 9.22. The van der Waals surface area contributed by atoms with Crippen LogP contribution in [0.5, 0.6) is 5.75 Å². The zero-order valence-electron chi connectivity index (χ0n) is 12.5. The van der Waals surface area contributed by atoms with E-state index in [-0.39, 0.29) is 15.8 Å². The summed E-state index contributed by atoms with van der Waals surface area (Å²) in [4.78, 5) is 23.7. The summed E-state index contributed by atoms with van der Waals surface area (Å²) in [6.45, 7) is 1.21. The first-order valence-electron chi connectivity index (χ1n) is 6.67. The molecule has 0 aliphatic carbocycles. The number of benzene rings is 1. The molecule has 24 heavy (non-hydrogen) atoms. The molecule has 9 heteroatoms. The summed E-state index contributed by atoms with van der Waals surface area (Å²) in [5, 5.41) is 13.6. The number of hydrogen-bond donors (Lipinski definition) is 3. The van der Waals surface area contributed by atoms with Gasteiger partial charge in [0, 0.05) is 0 Å². The Morgan fingerprint density at radius 3 is 2.71 bits per heavy atom. The van der Waals surface area contributed by atoms with Crippen molar-refractivity contribution in [1.29, 1.82) is 0 Å². The van der Waals surface area contributed by atoms with Crippen molar-refractivity contribution in [2.75, 3.05) is 5.32 Å². The van der Waals surface area contributed by atoms with Crippen molar-refractivity contribution in [3.63, 3.8) is 0 Å². The number of hydrogen-bond acceptors (Lipinski definition) is 6. The summed E-state index contributed by atoms with van der Waals surface area (Å²) in [5.41, 5.74) is -0.0810. The van der Waals surface area contributed by atoms with Crippen LogP contribution in [0.3, 0.4) is 0 Å². The third-order valence-corrected chi connectivity index (χ3v) is 6.57. The van der Waals surface area contributed by atoms with Crippen LogP contribution in [0, 0.1) is 0 Å². The van der Waals surface area contributed by atoms with Gasteiger partial charge in [-0.25, -0.2) is 0 Å². The third kappa shape index (κ3) is 4.86. The number of phenolic OH excluding ortho intramolecular Hbond substituents is 1. The van der Waals surface area contributed by atoms with Gasteiger partial charge in [0.05, 0.1) is 0 Å². The van der Waals surface area contributed by atoms with Gasteiger partial charge in [0.1, 0.15) is 0 Å². The quantitative estimate of drug-likeness (QED) is 0.504. The molecule has 126 valence electrons. The number of carbonyl (C=O) groups excluding carboxylic acids is 2. The van der Waals surface area contributed by atoms with Crippen molar-refractivity contribution in [3.05, 3.63) is 46.7 Å². The van der Waals surface area contributed by atoms with E-state index in [9.17, 15) is 22.5 Å². The minimum atomic E-state index is -5.26. The molecule has 0 bridgehead atoms. The van der Waals surface area contributed by atoms with Crippen molar-refractivity contribution < 1.29 is 26.3 Å². The molecule has 0 saturated carbocycles. The Kier molecular flexibility index (Phi) is 5.66. The van der Waals surface area contributed by atoms with Gasteiger partial charge in [-0.1, -0.05) is 0 Å². The van der Waals surface area contributed by atoms with Gasteiger partial charge in [-0.05, 0) is 0 Å². The molecule has 1 aromatic heterocycles. The Labute approximate surface area is 144 Å². The number of nitrogens with one attached hydrogen (secondary N) is 1. The van der Waals surface area contributed by atoms with Gasteiger partial charge in [0.25, 0.3) is 0 Å². The molecule has 3 N–H and O–H groups in total.